The van der Waals surface area contributed by atoms with Gasteiger partial charge in [-0.05, 0) is 39.5 Å². The standard InChI is InChI=1S/C18H24N4O3/c1-11-12(2)19-16-9-14(20-22(16)17(11)23)13-5-3-7-21(10-13)18(24)15-6-4-8-25-15/h9,13,15,20H,3-8,10H2,1-2H3/t13-,15+/m1/s1. The predicted molar refractivity (Wildman–Crippen MR) is 92.8 cm³/mol. The Kier molecular flexibility index (Phi) is 4.11. The molecule has 4 heterocycles. The molecule has 0 spiro atoms. The number of aromatic nitrogens is 3. The lowest BCUT2D eigenvalue weighted by Crippen LogP contribution is -2.44. The molecule has 2 fully saturated rings. The number of nitrogens with one attached hydrogen (secondary N) is 1. The second-order valence-corrected chi connectivity index (χ2v) is 7.16. The van der Waals surface area contributed by atoms with Gasteiger partial charge in [0.2, 0.25) is 0 Å². The van der Waals surface area contributed by atoms with E-state index < -0.39 is 0 Å². The molecule has 2 aliphatic rings. The molecular formula is C18H24N4O3. The molecule has 0 unspecified atom stereocenters. The monoisotopic (exact) mass is 344 g/mol. The SMILES string of the molecule is Cc1nc2cc([C@@H]3CCCN(C(=O)[C@@H]4CCCO4)C3)[nH]n2c(=O)c1C. The zero-order valence-electron chi connectivity index (χ0n) is 14.7. The first-order valence-electron chi connectivity index (χ1n) is 9.04. The Morgan fingerprint density at radius 1 is 1.32 bits per heavy atom. The number of hydrogen-bond acceptors (Lipinski definition) is 4. The summed E-state index contributed by atoms with van der Waals surface area (Å²) in [6.07, 6.45) is 3.47. The van der Waals surface area contributed by atoms with E-state index in [1.165, 1.54) is 4.52 Å². The number of rotatable bonds is 2. The van der Waals surface area contributed by atoms with Crippen molar-refractivity contribution in [1.29, 1.82) is 0 Å². The highest BCUT2D eigenvalue weighted by atomic mass is 16.5. The number of aryl methyl sites for hydroxylation is 1. The average Bonchev–Trinajstić information content (AvgIpc) is 3.29. The smallest absolute Gasteiger partial charge is 0.275 e. The van der Waals surface area contributed by atoms with Gasteiger partial charge in [-0.2, -0.15) is 0 Å². The Morgan fingerprint density at radius 2 is 2.16 bits per heavy atom. The van der Waals surface area contributed by atoms with Crippen molar-refractivity contribution in [2.45, 2.75) is 51.6 Å². The van der Waals surface area contributed by atoms with Crippen LogP contribution in [0.4, 0.5) is 0 Å². The summed E-state index contributed by atoms with van der Waals surface area (Å²) in [4.78, 5) is 31.4. The van der Waals surface area contributed by atoms with Crippen LogP contribution in [-0.2, 0) is 9.53 Å². The molecule has 2 aromatic rings. The summed E-state index contributed by atoms with van der Waals surface area (Å²) in [5.74, 6) is 0.307. The highest BCUT2D eigenvalue weighted by Crippen LogP contribution is 2.28. The molecule has 25 heavy (non-hydrogen) atoms. The first-order valence-corrected chi connectivity index (χ1v) is 9.04. The van der Waals surface area contributed by atoms with Crippen LogP contribution >= 0.6 is 0 Å². The van der Waals surface area contributed by atoms with Crippen molar-refractivity contribution in [3.05, 3.63) is 33.4 Å². The summed E-state index contributed by atoms with van der Waals surface area (Å²) in [7, 11) is 0. The molecule has 0 radical (unpaired) electrons. The molecule has 1 N–H and O–H groups in total. The molecule has 2 aromatic heterocycles. The van der Waals surface area contributed by atoms with Crippen molar-refractivity contribution in [2.24, 2.45) is 0 Å². The third kappa shape index (κ3) is 2.86. The first kappa shape index (κ1) is 16.3. The van der Waals surface area contributed by atoms with E-state index >= 15 is 0 Å². The number of aromatic amines is 1. The Morgan fingerprint density at radius 3 is 2.92 bits per heavy atom. The van der Waals surface area contributed by atoms with Gasteiger partial charge in [-0.1, -0.05) is 0 Å². The van der Waals surface area contributed by atoms with Crippen molar-refractivity contribution >= 4 is 11.6 Å². The largest absolute Gasteiger partial charge is 0.368 e. The Bertz CT molecular complexity index is 863. The van der Waals surface area contributed by atoms with Crippen LogP contribution in [0.15, 0.2) is 10.9 Å². The maximum atomic E-state index is 12.6. The second-order valence-electron chi connectivity index (χ2n) is 7.16. The van der Waals surface area contributed by atoms with E-state index in [2.05, 4.69) is 10.1 Å². The summed E-state index contributed by atoms with van der Waals surface area (Å²) in [5.41, 5.74) is 2.97. The van der Waals surface area contributed by atoms with Gasteiger partial charge in [0.1, 0.15) is 6.10 Å². The maximum Gasteiger partial charge on any atom is 0.275 e. The normalized spacial score (nSPS) is 24.2. The number of H-pyrrole nitrogens is 1. The zero-order chi connectivity index (χ0) is 17.6. The van der Waals surface area contributed by atoms with Gasteiger partial charge in [0.25, 0.3) is 11.5 Å². The molecule has 2 saturated heterocycles. The molecule has 7 heteroatoms. The zero-order valence-corrected chi connectivity index (χ0v) is 14.7. The van der Waals surface area contributed by atoms with Crippen LogP contribution in [0.5, 0.6) is 0 Å². The number of piperidine rings is 1. The Balaban J connectivity index is 1.59. The quantitative estimate of drug-likeness (QED) is 0.896. The van der Waals surface area contributed by atoms with Gasteiger partial charge in [0.15, 0.2) is 5.65 Å². The number of likely N-dealkylation sites (tertiary alicyclic amines) is 1. The number of carbonyl (C=O) groups excluding carboxylic acids is 1. The molecule has 0 bridgehead atoms. The summed E-state index contributed by atoms with van der Waals surface area (Å²) in [6.45, 7) is 5.78. The van der Waals surface area contributed by atoms with Crippen molar-refractivity contribution in [2.75, 3.05) is 19.7 Å². The highest BCUT2D eigenvalue weighted by Gasteiger charge is 2.32. The fraction of sp³-hybridized carbons (Fsp3) is 0.611. The minimum Gasteiger partial charge on any atom is -0.368 e. The molecule has 0 saturated carbocycles. The van der Waals surface area contributed by atoms with Crippen LogP contribution < -0.4 is 5.56 Å². The molecule has 2 aliphatic heterocycles. The van der Waals surface area contributed by atoms with E-state index in [4.69, 9.17) is 4.74 Å². The fourth-order valence-electron chi connectivity index (χ4n) is 3.85. The van der Waals surface area contributed by atoms with Crippen molar-refractivity contribution in [1.82, 2.24) is 19.5 Å². The molecule has 0 aromatic carbocycles. The lowest BCUT2D eigenvalue weighted by atomic mass is 9.94. The van der Waals surface area contributed by atoms with E-state index in [1.54, 1.807) is 6.92 Å². The van der Waals surface area contributed by atoms with Gasteiger partial charge in [0.05, 0.1) is 0 Å². The molecule has 2 atom stereocenters. The highest BCUT2D eigenvalue weighted by molar-refractivity contribution is 5.81. The number of fused-ring (bicyclic) bond motifs is 1. The van der Waals surface area contributed by atoms with Crippen LogP contribution in [0, 0.1) is 13.8 Å². The number of hydrogen-bond donors (Lipinski definition) is 1. The number of nitrogens with zero attached hydrogens (tertiary/aromatic N) is 3. The third-order valence-electron chi connectivity index (χ3n) is 5.48. The maximum absolute atomic E-state index is 12.6. The molecule has 4 rings (SSSR count). The van der Waals surface area contributed by atoms with Crippen molar-refractivity contribution < 1.29 is 9.53 Å². The van der Waals surface area contributed by atoms with Gasteiger partial charge in [-0.15, -0.1) is 0 Å². The van der Waals surface area contributed by atoms with Crippen molar-refractivity contribution in [3.63, 3.8) is 0 Å². The van der Waals surface area contributed by atoms with Crippen molar-refractivity contribution in [3.8, 4) is 0 Å². The van der Waals surface area contributed by atoms with E-state index in [9.17, 15) is 9.59 Å². The number of amides is 1. The lowest BCUT2D eigenvalue weighted by Gasteiger charge is -2.33. The Labute approximate surface area is 146 Å². The van der Waals surface area contributed by atoms with E-state index in [0.29, 0.717) is 24.4 Å². The third-order valence-corrected chi connectivity index (χ3v) is 5.48. The predicted octanol–water partition coefficient (Wildman–Crippen LogP) is 1.52. The molecule has 134 valence electrons. The fourth-order valence-corrected chi connectivity index (χ4v) is 3.85. The van der Waals surface area contributed by atoms with Crippen LogP contribution in [-0.4, -0.2) is 51.2 Å². The summed E-state index contributed by atoms with van der Waals surface area (Å²) >= 11 is 0. The first-order chi connectivity index (χ1) is 12.0. The van der Waals surface area contributed by atoms with Gasteiger partial charge < -0.3 is 9.64 Å². The van der Waals surface area contributed by atoms with Gasteiger partial charge in [-0.25, -0.2) is 9.50 Å². The molecule has 1 amide bonds. The van der Waals surface area contributed by atoms with Crippen LogP contribution in [0.1, 0.15) is 48.6 Å². The van der Waals surface area contributed by atoms with E-state index in [0.717, 1.165) is 43.6 Å². The van der Waals surface area contributed by atoms with Gasteiger partial charge in [0, 0.05) is 48.6 Å². The average molecular weight is 344 g/mol. The van der Waals surface area contributed by atoms with Crippen LogP contribution in [0.25, 0.3) is 5.65 Å². The molecule has 0 aliphatic carbocycles. The van der Waals surface area contributed by atoms with E-state index in [-0.39, 0.29) is 23.5 Å². The van der Waals surface area contributed by atoms with Gasteiger partial charge in [-0.3, -0.25) is 14.7 Å². The van der Waals surface area contributed by atoms with E-state index in [1.807, 2.05) is 17.9 Å². The summed E-state index contributed by atoms with van der Waals surface area (Å²) < 4.78 is 7.06. The molecular weight excluding hydrogens is 320 g/mol. The number of carbonyl (C=O) groups is 1. The van der Waals surface area contributed by atoms with Crippen LogP contribution in [0.3, 0.4) is 0 Å². The number of ether oxygens (including phenoxy) is 1. The topological polar surface area (TPSA) is 79.7 Å². The second kappa shape index (κ2) is 6.29. The van der Waals surface area contributed by atoms with Crippen LogP contribution in [0.2, 0.25) is 0 Å². The lowest BCUT2D eigenvalue weighted by molar-refractivity contribution is -0.142. The summed E-state index contributed by atoms with van der Waals surface area (Å²) in [6, 6.07) is 1.94. The minimum absolute atomic E-state index is 0.0585. The minimum atomic E-state index is -0.268. The van der Waals surface area contributed by atoms with Gasteiger partial charge >= 0.3 is 0 Å². The Hall–Kier alpha value is -2.15. The summed E-state index contributed by atoms with van der Waals surface area (Å²) in [5, 5.41) is 3.20. The molecule has 7 nitrogen and oxygen atoms in total.